The molecule has 0 unspecified atom stereocenters. The summed E-state index contributed by atoms with van der Waals surface area (Å²) >= 11 is 0. The zero-order valence-electron chi connectivity index (χ0n) is 5.88. The Hall–Kier alpha value is -1.09. The summed E-state index contributed by atoms with van der Waals surface area (Å²) in [6, 6.07) is 4.64. The van der Waals surface area contributed by atoms with Gasteiger partial charge in [0.25, 0.3) is 0 Å². The molecule has 0 aliphatic carbocycles. The van der Waals surface area contributed by atoms with E-state index < -0.39 is 0 Å². The van der Waals surface area contributed by atoms with Crippen molar-refractivity contribution < 1.29 is 9.13 Å². The molecule has 2 N–H and O–H groups in total. The lowest BCUT2D eigenvalue weighted by Crippen LogP contribution is -2.10. The fourth-order valence-corrected chi connectivity index (χ4v) is 1.23. The third kappa shape index (κ3) is 0.886. The van der Waals surface area contributed by atoms with Crippen molar-refractivity contribution in [2.45, 2.75) is 6.04 Å². The number of halogens is 1. The van der Waals surface area contributed by atoms with E-state index in [1.165, 1.54) is 6.07 Å². The quantitative estimate of drug-likeness (QED) is 0.608. The van der Waals surface area contributed by atoms with Crippen molar-refractivity contribution >= 4 is 0 Å². The second-order valence-corrected chi connectivity index (χ2v) is 2.58. The highest BCUT2D eigenvalue weighted by atomic mass is 19.1. The Labute approximate surface area is 63.8 Å². The molecule has 0 fully saturated rings. The van der Waals surface area contributed by atoms with Crippen molar-refractivity contribution in [2.75, 3.05) is 6.61 Å². The van der Waals surface area contributed by atoms with Crippen LogP contribution >= 0.6 is 0 Å². The van der Waals surface area contributed by atoms with Crippen LogP contribution in [0, 0.1) is 5.82 Å². The van der Waals surface area contributed by atoms with Gasteiger partial charge in [0.2, 0.25) is 0 Å². The van der Waals surface area contributed by atoms with Gasteiger partial charge in [-0.15, -0.1) is 0 Å². The Morgan fingerprint density at radius 3 is 3.09 bits per heavy atom. The van der Waals surface area contributed by atoms with E-state index in [1.807, 2.05) is 0 Å². The predicted octanol–water partition coefficient (Wildman–Crippen LogP) is 1.22. The number of para-hydroxylation sites is 1. The van der Waals surface area contributed by atoms with Gasteiger partial charge >= 0.3 is 0 Å². The van der Waals surface area contributed by atoms with E-state index in [-0.39, 0.29) is 11.9 Å². The standard InChI is InChI=1S/C8H8FNO/c9-6-3-1-2-5-7(10)4-11-8(5)6/h1-3,7H,4,10H2/t7-/m0/s1. The number of ether oxygens (including phenoxy) is 1. The molecule has 2 nitrogen and oxygen atoms in total. The van der Waals surface area contributed by atoms with Crippen LogP contribution in [-0.4, -0.2) is 6.61 Å². The van der Waals surface area contributed by atoms with Crippen molar-refractivity contribution in [3.05, 3.63) is 29.6 Å². The highest BCUT2D eigenvalue weighted by molar-refractivity contribution is 5.40. The third-order valence-electron chi connectivity index (χ3n) is 1.80. The lowest BCUT2D eigenvalue weighted by Gasteiger charge is -1.99. The number of fused-ring (bicyclic) bond motifs is 1. The molecule has 58 valence electrons. The van der Waals surface area contributed by atoms with Crippen LogP contribution in [-0.2, 0) is 0 Å². The van der Waals surface area contributed by atoms with Gasteiger partial charge in [0.15, 0.2) is 11.6 Å². The Balaban J connectivity index is 2.57. The molecule has 2 rings (SSSR count). The fourth-order valence-electron chi connectivity index (χ4n) is 1.23. The molecular weight excluding hydrogens is 145 g/mol. The molecule has 1 heterocycles. The molecule has 1 aliphatic rings. The van der Waals surface area contributed by atoms with E-state index in [0.29, 0.717) is 12.4 Å². The summed E-state index contributed by atoms with van der Waals surface area (Å²) in [7, 11) is 0. The average molecular weight is 153 g/mol. The maximum absolute atomic E-state index is 12.9. The number of rotatable bonds is 0. The van der Waals surface area contributed by atoms with E-state index in [0.717, 1.165) is 5.56 Å². The van der Waals surface area contributed by atoms with Gasteiger partial charge in [0.1, 0.15) is 6.61 Å². The maximum atomic E-state index is 12.9. The maximum Gasteiger partial charge on any atom is 0.165 e. The van der Waals surface area contributed by atoms with E-state index in [2.05, 4.69) is 0 Å². The first-order valence-corrected chi connectivity index (χ1v) is 3.46. The highest BCUT2D eigenvalue weighted by Crippen LogP contribution is 2.32. The number of nitrogens with two attached hydrogens (primary N) is 1. The summed E-state index contributed by atoms with van der Waals surface area (Å²) in [6.45, 7) is 0.385. The molecule has 0 saturated heterocycles. The van der Waals surface area contributed by atoms with Crippen molar-refractivity contribution in [3.8, 4) is 5.75 Å². The number of benzene rings is 1. The molecule has 0 radical (unpaired) electrons. The van der Waals surface area contributed by atoms with Crippen molar-refractivity contribution in [1.82, 2.24) is 0 Å². The van der Waals surface area contributed by atoms with Gasteiger partial charge in [-0.3, -0.25) is 0 Å². The summed E-state index contributed by atoms with van der Waals surface area (Å²) < 4.78 is 17.9. The topological polar surface area (TPSA) is 35.2 Å². The van der Waals surface area contributed by atoms with Gasteiger partial charge in [-0.1, -0.05) is 12.1 Å². The molecule has 0 spiro atoms. The van der Waals surface area contributed by atoms with Crippen molar-refractivity contribution in [1.29, 1.82) is 0 Å². The van der Waals surface area contributed by atoms with E-state index in [4.69, 9.17) is 10.5 Å². The summed E-state index contributed by atoms with van der Waals surface area (Å²) in [5.74, 6) is -0.00421. The van der Waals surface area contributed by atoms with Crippen LogP contribution in [0.25, 0.3) is 0 Å². The first-order valence-electron chi connectivity index (χ1n) is 3.46. The van der Waals surface area contributed by atoms with Gasteiger partial charge in [-0.05, 0) is 6.07 Å². The van der Waals surface area contributed by atoms with Crippen LogP contribution in [0.1, 0.15) is 11.6 Å². The van der Waals surface area contributed by atoms with E-state index in [9.17, 15) is 4.39 Å². The second kappa shape index (κ2) is 2.20. The zero-order chi connectivity index (χ0) is 7.84. The second-order valence-electron chi connectivity index (χ2n) is 2.58. The van der Waals surface area contributed by atoms with Gasteiger partial charge < -0.3 is 10.5 Å². The van der Waals surface area contributed by atoms with Crippen molar-refractivity contribution in [3.63, 3.8) is 0 Å². The smallest absolute Gasteiger partial charge is 0.165 e. The Kier molecular flexibility index (Phi) is 1.32. The van der Waals surface area contributed by atoms with Gasteiger partial charge in [0, 0.05) is 5.56 Å². The molecule has 1 atom stereocenters. The number of hydrogen-bond acceptors (Lipinski definition) is 2. The van der Waals surface area contributed by atoms with Gasteiger partial charge in [-0.2, -0.15) is 0 Å². The van der Waals surface area contributed by atoms with Crippen LogP contribution < -0.4 is 10.5 Å². The molecule has 0 saturated carbocycles. The Bertz CT molecular complexity index is 287. The van der Waals surface area contributed by atoms with E-state index in [1.54, 1.807) is 12.1 Å². The fraction of sp³-hybridized carbons (Fsp3) is 0.250. The molecule has 0 aromatic heterocycles. The van der Waals surface area contributed by atoms with Crippen LogP contribution in [0.15, 0.2) is 18.2 Å². The molecule has 0 bridgehead atoms. The summed E-state index contributed by atoms with van der Waals surface area (Å²) in [5.41, 5.74) is 6.39. The summed E-state index contributed by atoms with van der Waals surface area (Å²) in [5, 5.41) is 0. The normalized spacial score (nSPS) is 21.1. The molecule has 1 aromatic carbocycles. The van der Waals surface area contributed by atoms with Crippen LogP contribution in [0.5, 0.6) is 5.75 Å². The monoisotopic (exact) mass is 153 g/mol. The van der Waals surface area contributed by atoms with Crippen molar-refractivity contribution in [2.24, 2.45) is 5.73 Å². The zero-order valence-corrected chi connectivity index (χ0v) is 5.88. The molecular formula is C8H8FNO. The van der Waals surface area contributed by atoms with Crippen LogP contribution in [0.4, 0.5) is 4.39 Å². The lowest BCUT2D eigenvalue weighted by molar-refractivity contribution is 0.319. The Morgan fingerprint density at radius 1 is 1.55 bits per heavy atom. The van der Waals surface area contributed by atoms with Crippen LogP contribution in [0.2, 0.25) is 0 Å². The SMILES string of the molecule is N[C@H]1COc2c(F)cccc21. The minimum Gasteiger partial charge on any atom is -0.488 e. The highest BCUT2D eigenvalue weighted by Gasteiger charge is 2.22. The average Bonchev–Trinajstić information content (AvgIpc) is 2.35. The largest absolute Gasteiger partial charge is 0.488 e. The molecule has 11 heavy (non-hydrogen) atoms. The summed E-state index contributed by atoms with van der Waals surface area (Å²) in [6.07, 6.45) is 0. The van der Waals surface area contributed by atoms with E-state index >= 15 is 0 Å². The lowest BCUT2D eigenvalue weighted by atomic mass is 10.1. The molecule has 3 heteroatoms. The first kappa shape index (κ1) is 6.61. The summed E-state index contributed by atoms with van der Waals surface area (Å²) in [4.78, 5) is 0. The molecule has 1 aromatic rings. The Morgan fingerprint density at radius 2 is 2.36 bits per heavy atom. The first-order chi connectivity index (χ1) is 5.29. The molecule has 0 amide bonds. The third-order valence-corrected chi connectivity index (χ3v) is 1.80. The predicted molar refractivity (Wildman–Crippen MR) is 38.8 cm³/mol. The van der Waals surface area contributed by atoms with Gasteiger partial charge in [0.05, 0.1) is 6.04 Å². The number of hydrogen-bond donors (Lipinski definition) is 1. The minimum absolute atomic E-state index is 0.166. The minimum atomic E-state index is -0.324. The van der Waals surface area contributed by atoms with Gasteiger partial charge in [-0.25, -0.2) is 4.39 Å². The molecule has 1 aliphatic heterocycles. The van der Waals surface area contributed by atoms with Crippen LogP contribution in [0.3, 0.4) is 0 Å².